The zero-order chi connectivity index (χ0) is 19.3. The van der Waals surface area contributed by atoms with E-state index in [0.717, 1.165) is 37.4 Å². The van der Waals surface area contributed by atoms with Gasteiger partial charge in [0, 0.05) is 18.0 Å². The van der Waals surface area contributed by atoms with Crippen molar-refractivity contribution in [3.05, 3.63) is 59.9 Å². The summed E-state index contributed by atoms with van der Waals surface area (Å²) in [6, 6.07) is 14.4. The SMILES string of the molecule is O=C(NC[C@@H]1COc2ccccc2O1)C1CCN(Cc2ccccc2F)CC1. The summed E-state index contributed by atoms with van der Waals surface area (Å²) >= 11 is 0. The fourth-order valence-electron chi connectivity index (χ4n) is 3.74. The first kappa shape index (κ1) is 18.7. The van der Waals surface area contributed by atoms with Crippen molar-refractivity contribution < 1.29 is 18.7 Å². The second-order valence-electron chi connectivity index (χ2n) is 7.38. The van der Waals surface area contributed by atoms with Crippen LogP contribution in [0, 0.1) is 11.7 Å². The second kappa shape index (κ2) is 8.61. The van der Waals surface area contributed by atoms with Crippen LogP contribution in [0.3, 0.4) is 0 Å². The first-order valence-corrected chi connectivity index (χ1v) is 9.81. The molecule has 2 heterocycles. The first-order valence-electron chi connectivity index (χ1n) is 9.81. The summed E-state index contributed by atoms with van der Waals surface area (Å²) in [6.07, 6.45) is 1.39. The Kier molecular flexibility index (Phi) is 5.76. The molecule has 0 aromatic heterocycles. The van der Waals surface area contributed by atoms with Crippen LogP contribution in [0.4, 0.5) is 4.39 Å². The molecule has 1 N–H and O–H groups in total. The van der Waals surface area contributed by atoms with Crippen LogP contribution in [0.5, 0.6) is 11.5 Å². The summed E-state index contributed by atoms with van der Waals surface area (Å²) in [5, 5.41) is 3.00. The maximum atomic E-state index is 13.8. The Morgan fingerprint density at radius 2 is 1.79 bits per heavy atom. The summed E-state index contributed by atoms with van der Waals surface area (Å²) in [6.45, 7) is 3.04. The molecule has 2 aliphatic rings. The smallest absolute Gasteiger partial charge is 0.223 e. The lowest BCUT2D eigenvalue weighted by molar-refractivity contribution is -0.127. The van der Waals surface area contributed by atoms with Gasteiger partial charge in [-0.05, 0) is 44.1 Å². The predicted molar refractivity (Wildman–Crippen MR) is 104 cm³/mol. The van der Waals surface area contributed by atoms with Gasteiger partial charge in [-0.3, -0.25) is 9.69 Å². The average molecular weight is 384 g/mol. The number of hydrogen-bond donors (Lipinski definition) is 1. The van der Waals surface area contributed by atoms with Gasteiger partial charge in [0.25, 0.3) is 0 Å². The van der Waals surface area contributed by atoms with Gasteiger partial charge >= 0.3 is 0 Å². The Bertz CT molecular complexity index is 821. The minimum Gasteiger partial charge on any atom is -0.486 e. The number of nitrogens with one attached hydrogen (secondary N) is 1. The number of carbonyl (C=O) groups is 1. The highest BCUT2D eigenvalue weighted by Crippen LogP contribution is 2.30. The number of hydrogen-bond acceptors (Lipinski definition) is 4. The summed E-state index contributed by atoms with van der Waals surface area (Å²) < 4.78 is 25.4. The Balaban J connectivity index is 1.21. The average Bonchev–Trinajstić information content (AvgIpc) is 2.74. The summed E-state index contributed by atoms with van der Waals surface area (Å²) in [5.41, 5.74) is 0.708. The van der Waals surface area contributed by atoms with E-state index >= 15 is 0 Å². The van der Waals surface area contributed by atoms with E-state index in [9.17, 15) is 9.18 Å². The molecule has 0 spiro atoms. The van der Waals surface area contributed by atoms with Crippen molar-refractivity contribution in [1.29, 1.82) is 0 Å². The van der Waals surface area contributed by atoms with Crippen LogP contribution in [0.25, 0.3) is 0 Å². The number of fused-ring (bicyclic) bond motifs is 1. The highest BCUT2D eigenvalue weighted by atomic mass is 19.1. The van der Waals surface area contributed by atoms with Gasteiger partial charge in [-0.2, -0.15) is 0 Å². The number of ether oxygens (including phenoxy) is 2. The minimum absolute atomic E-state index is 0.00587. The zero-order valence-corrected chi connectivity index (χ0v) is 15.8. The molecule has 0 saturated carbocycles. The molecule has 0 aliphatic carbocycles. The van der Waals surface area contributed by atoms with E-state index in [1.54, 1.807) is 6.07 Å². The standard InChI is InChI=1S/C22H25FN2O3/c23-19-6-2-1-5-17(19)14-25-11-9-16(10-12-25)22(26)24-13-18-15-27-20-7-3-4-8-21(20)28-18/h1-8,16,18H,9-15H2,(H,24,26)/t18-/m1/s1. The molecule has 1 amide bonds. The number of nitrogens with zero attached hydrogens (tertiary/aromatic N) is 1. The number of likely N-dealkylation sites (tertiary alicyclic amines) is 1. The molecule has 5 nitrogen and oxygen atoms in total. The number of carbonyl (C=O) groups excluding carboxylic acids is 1. The van der Waals surface area contributed by atoms with E-state index in [-0.39, 0.29) is 23.7 Å². The van der Waals surface area contributed by atoms with E-state index in [4.69, 9.17) is 9.47 Å². The van der Waals surface area contributed by atoms with Gasteiger partial charge < -0.3 is 14.8 Å². The molecule has 2 aromatic carbocycles. The monoisotopic (exact) mass is 384 g/mol. The molecular formula is C22H25FN2O3. The lowest BCUT2D eigenvalue weighted by Crippen LogP contribution is -2.45. The van der Waals surface area contributed by atoms with Gasteiger partial charge in [-0.1, -0.05) is 30.3 Å². The van der Waals surface area contributed by atoms with Gasteiger partial charge in [-0.15, -0.1) is 0 Å². The second-order valence-corrected chi connectivity index (χ2v) is 7.38. The molecule has 28 heavy (non-hydrogen) atoms. The highest BCUT2D eigenvalue weighted by Gasteiger charge is 2.27. The van der Waals surface area contributed by atoms with Crippen molar-refractivity contribution in [3.8, 4) is 11.5 Å². The van der Waals surface area contributed by atoms with Crippen LogP contribution >= 0.6 is 0 Å². The van der Waals surface area contributed by atoms with Crippen LogP contribution in [0.15, 0.2) is 48.5 Å². The molecule has 4 rings (SSSR count). The summed E-state index contributed by atoms with van der Waals surface area (Å²) in [7, 11) is 0. The van der Waals surface area contributed by atoms with E-state index in [2.05, 4.69) is 10.2 Å². The molecule has 2 aliphatic heterocycles. The normalized spacial score (nSPS) is 20.0. The summed E-state index contributed by atoms with van der Waals surface area (Å²) in [5.74, 6) is 1.35. The van der Waals surface area contributed by atoms with E-state index in [0.29, 0.717) is 25.3 Å². The van der Waals surface area contributed by atoms with Gasteiger partial charge in [0.2, 0.25) is 5.91 Å². The number of amides is 1. The third kappa shape index (κ3) is 4.44. The largest absolute Gasteiger partial charge is 0.486 e. The third-order valence-electron chi connectivity index (χ3n) is 5.38. The van der Waals surface area contributed by atoms with Crippen molar-refractivity contribution >= 4 is 5.91 Å². The fraction of sp³-hybridized carbons (Fsp3) is 0.409. The van der Waals surface area contributed by atoms with Crippen molar-refractivity contribution in [2.24, 2.45) is 5.92 Å². The molecule has 1 atom stereocenters. The van der Waals surface area contributed by atoms with E-state index in [1.807, 2.05) is 36.4 Å². The van der Waals surface area contributed by atoms with Crippen LogP contribution < -0.4 is 14.8 Å². The Labute approximate surface area is 164 Å². The molecule has 1 saturated heterocycles. The quantitative estimate of drug-likeness (QED) is 0.861. The lowest BCUT2D eigenvalue weighted by Gasteiger charge is -2.32. The summed E-state index contributed by atoms with van der Waals surface area (Å²) in [4.78, 5) is 14.7. The number of benzene rings is 2. The molecule has 0 unspecified atom stereocenters. The van der Waals surface area contributed by atoms with Crippen molar-refractivity contribution in [2.45, 2.75) is 25.5 Å². The predicted octanol–water partition coefficient (Wildman–Crippen LogP) is 2.99. The Morgan fingerprint density at radius 3 is 2.57 bits per heavy atom. The number of piperidine rings is 1. The highest BCUT2D eigenvalue weighted by molar-refractivity contribution is 5.78. The van der Waals surface area contributed by atoms with E-state index in [1.165, 1.54) is 6.07 Å². The van der Waals surface area contributed by atoms with Crippen LogP contribution in [-0.2, 0) is 11.3 Å². The van der Waals surface area contributed by atoms with Crippen LogP contribution in [-0.4, -0.2) is 43.2 Å². The third-order valence-corrected chi connectivity index (χ3v) is 5.38. The first-order chi connectivity index (χ1) is 13.7. The van der Waals surface area contributed by atoms with Gasteiger partial charge in [0.05, 0.1) is 6.54 Å². The van der Waals surface area contributed by atoms with E-state index < -0.39 is 0 Å². The zero-order valence-electron chi connectivity index (χ0n) is 15.8. The van der Waals surface area contributed by atoms with Crippen LogP contribution in [0.2, 0.25) is 0 Å². The van der Waals surface area contributed by atoms with Gasteiger partial charge in [0.1, 0.15) is 18.5 Å². The minimum atomic E-state index is -0.181. The maximum absolute atomic E-state index is 13.8. The maximum Gasteiger partial charge on any atom is 0.223 e. The number of halogens is 1. The van der Waals surface area contributed by atoms with Gasteiger partial charge in [-0.25, -0.2) is 4.39 Å². The number of para-hydroxylation sites is 2. The molecule has 148 valence electrons. The van der Waals surface area contributed by atoms with Crippen molar-refractivity contribution in [2.75, 3.05) is 26.2 Å². The van der Waals surface area contributed by atoms with Crippen LogP contribution in [0.1, 0.15) is 18.4 Å². The molecular weight excluding hydrogens is 359 g/mol. The fourth-order valence-corrected chi connectivity index (χ4v) is 3.74. The van der Waals surface area contributed by atoms with Crippen molar-refractivity contribution in [3.63, 3.8) is 0 Å². The topological polar surface area (TPSA) is 50.8 Å². The Hall–Kier alpha value is -2.60. The lowest BCUT2D eigenvalue weighted by atomic mass is 9.95. The molecule has 6 heteroatoms. The van der Waals surface area contributed by atoms with Gasteiger partial charge in [0.15, 0.2) is 11.5 Å². The Morgan fingerprint density at radius 1 is 1.07 bits per heavy atom. The molecule has 1 fully saturated rings. The molecule has 0 radical (unpaired) electrons. The van der Waals surface area contributed by atoms with Crippen molar-refractivity contribution in [1.82, 2.24) is 10.2 Å². The number of rotatable bonds is 5. The molecule has 2 aromatic rings. The molecule has 0 bridgehead atoms.